The van der Waals surface area contributed by atoms with E-state index in [1.807, 2.05) is 4.90 Å². The number of carbonyl (C=O) groups excluding carboxylic acids is 3. The van der Waals surface area contributed by atoms with Gasteiger partial charge in [0.1, 0.15) is 5.82 Å². The highest BCUT2D eigenvalue weighted by molar-refractivity contribution is 6.36. The topological polar surface area (TPSA) is 57.7 Å². The first-order valence-corrected chi connectivity index (χ1v) is 10.0. The molecule has 5 rings (SSSR count). The van der Waals surface area contributed by atoms with Gasteiger partial charge in [0, 0.05) is 11.6 Å². The molecule has 29 heavy (non-hydrogen) atoms. The number of imide groups is 1. The van der Waals surface area contributed by atoms with Crippen LogP contribution < -0.4 is 4.90 Å². The number of para-hydroxylation sites is 1. The fraction of sp³-hybridized carbons (Fsp3) is 0.318. The largest absolute Gasteiger partial charge is 0.292 e. The maximum Gasteiger partial charge on any atom is 0.239 e. The van der Waals surface area contributed by atoms with E-state index in [0.29, 0.717) is 22.8 Å². The standard InChI is InChI=1S/C22H18ClFN2O3/c23-14-4-1-2-5-15(14)26-21(28)17-16-6-3-11-25(16)19(18(17)22(26)29)20(27)12-7-9-13(24)10-8-12/h1-2,4-5,7-10,16-19H,3,6,11H2. The van der Waals surface area contributed by atoms with Gasteiger partial charge < -0.3 is 0 Å². The van der Waals surface area contributed by atoms with Crippen molar-refractivity contribution in [3.63, 3.8) is 0 Å². The number of benzene rings is 2. The van der Waals surface area contributed by atoms with Crippen LogP contribution in [0.25, 0.3) is 0 Å². The van der Waals surface area contributed by atoms with Gasteiger partial charge in [-0.15, -0.1) is 0 Å². The predicted molar refractivity (Wildman–Crippen MR) is 105 cm³/mol. The SMILES string of the molecule is O=C(c1ccc(F)cc1)C1C2C(=O)N(c3ccccc3Cl)C(=O)C2C2CCCN21. The van der Waals surface area contributed by atoms with E-state index in [9.17, 15) is 18.8 Å². The first-order valence-electron chi connectivity index (χ1n) is 9.67. The number of carbonyl (C=O) groups is 3. The molecule has 4 unspecified atom stereocenters. The van der Waals surface area contributed by atoms with Gasteiger partial charge in [-0.05, 0) is 55.8 Å². The zero-order chi connectivity index (χ0) is 20.3. The molecule has 7 heteroatoms. The van der Waals surface area contributed by atoms with Crippen LogP contribution in [0.15, 0.2) is 48.5 Å². The average Bonchev–Trinajstić information content (AvgIpc) is 3.35. The second kappa shape index (κ2) is 6.75. The molecule has 3 aliphatic heterocycles. The molecule has 0 saturated carbocycles. The molecule has 0 radical (unpaired) electrons. The summed E-state index contributed by atoms with van der Waals surface area (Å²) >= 11 is 6.25. The third-order valence-electron chi connectivity index (χ3n) is 6.34. The number of hydrogen-bond acceptors (Lipinski definition) is 4. The van der Waals surface area contributed by atoms with E-state index >= 15 is 0 Å². The van der Waals surface area contributed by atoms with Crippen LogP contribution >= 0.6 is 11.6 Å². The van der Waals surface area contributed by atoms with Crippen LogP contribution in [0.2, 0.25) is 5.02 Å². The van der Waals surface area contributed by atoms with Gasteiger partial charge in [-0.2, -0.15) is 0 Å². The van der Waals surface area contributed by atoms with Gasteiger partial charge in [0.25, 0.3) is 0 Å². The number of ketones is 1. The summed E-state index contributed by atoms with van der Waals surface area (Å²) in [6.45, 7) is 0.669. The molecule has 0 aromatic heterocycles. The molecule has 3 aliphatic rings. The van der Waals surface area contributed by atoms with Crippen LogP contribution in [-0.4, -0.2) is 41.1 Å². The number of nitrogens with zero attached hydrogens (tertiary/aromatic N) is 2. The van der Waals surface area contributed by atoms with Crippen LogP contribution in [-0.2, 0) is 9.59 Å². The van der Waals surface area contributed by atoms with Crippen LogP contribution in [0.3, 0.4) is 0 Å². The van der Waals surface area contributed by atoms with Crippen molar-refractivity contribution < 1.29 is 18.8 Å². The third-order valence-corrected chi connectivity index (χ3v) is 6.66. The Morgan fingerprint density at radius 2 is 1.69 bits per heavy atom. The lowest BCUT2D eigenvalue weighted by Gasteiger charge is -2.27. The predicted octanol–water partition coefficient (Wildman–Crippen LogP) is 3.31. The third kappa shape index (κ3) is 2.66. The molecule has 2 amide bonds. The number of rotatable bonds is 3. The number of Topliss-reactive ketones (excluding diaryl/α,β-unsaturated/α-hetero) is 1. The van der Waals surface area contributed by atoms with Crippen molar-refractivity contribution in [2.24, 2.45) is 11.8 Å². The van der Waals surface area contributed by atoms with Crippen molar-refractivity contribution >= 4 is 34.9 Å². The van der Waals surface area contributed by atoms with Crippen molar-refractivity contribution in [2.75, 3.05) is 11.4 Å². The molecular formula is C22H18ClFN2O3. The molecule has 2 aromatic carbocycles. The van der Waals surface area contributed by atoms with Crippen molar-refractivity contribution in [1.29, 1.82) is 0 Å². The van der Waals surface area contributed by atoms with Crippen LogP contribution in [0.4, 0.5) is 10.1 Å². The van der Waals surface area contributed by atoms with E-state index in [4.69, 9.17) is 11.6 Å². The molecule has 4 atom stereocenters. The van der Waals surface area contributed by atoms with Gasteiger partial charge in [-0.3, -0.25) is 19.3 Å². The normalized spacial score (nSPS) is 28.7. The first kappa shape index (κ1) is 18.5. The molecule has 3 heterocycles. The van der Waals surface area contributed by atoms with Gasteiger partial charge in [0.2, 0.25) is 11.8 Å². The lowest BCUT2D eigenvalue weighted by molar-refractivity contribution is -0.123. The Balaban J connectivity index is 1.56. The van der Waals surface area contributed by atoms with Gasteiger partial charge in [0.15, 0.2) is 5.78 Å². The molecular weight excluding hydrogens is 395 g/mol. The number of halogens is 2. The van der Waals surface area contributed by atoms with Gasteiger partial charge in [-0.1, -0.05) is 23.7 Å². The fourth-order valence-electron chi connectivity index (χ4n) is 5.17. The Labute approximate surface area is 172 Å². The highest BCUT2D eigenvalue weighted by Crippen LogP contribution is 2.49. The summed E-state index contributed by atoms with van der Waals surface area (Å²) in [7, 11) is 0. The second-order valence-corrected chi connectivity index (χ2v) is 8.19. The quantitative estimate of drug-likeness (QED) is 0.573. The molecule has 3 fully saturated rings. The molecule has 148 valence electrons. The minimum absolute atomic E-state index is 0.140. The smallest absolute Gasteiger partial charge is 0.239 e. The molecule has 0 aliphatic carbocycles. The highest BCUT2D eigenvalue weighted by Gasteiger charge is 2.64. The Morgan fingerprint density at radius 1 is 1.00 bits per heavy atom. The highest BCUT2D eigenvalue weighted by atomic mass is 35.5. The van der Waals surface area contributed by atoms with Gasteiger partial charge in [0.05, 0.1) is 28.6 Å². The first-order chi connectivity index (χ1) is 14.0. The van der Waals surface area contributed by atoms with Crippen molar-refractivity contribution in [3.8, 4) is 0 Å². The van der Waals surface area contributed by atoms with E-state index in [1.165, 1.54) is 24.3 Å². The zero-order valence-corrected chi connectivity index (χ0v) is 16.2. The zero-order valence-electron chi connectivity index (χ0n) is 15.4. The Hall–Kier alpha value is -2.57. The average molecular weight is 413 g/mol. The Morgan fingerprint density at radius 3 is 2.41 bits per heavy atom. The summed E-state index contributed by atoms with van der Waals surface area (Å²) in [5.74, 6) is -2.66. The number of hydrogen-bond donors (Lipinski definition) is 0. The summed E-state index contributed by atoms with van der Waals surface area (Å²) in [4.78, 5) is 43.2. The van der Waals surface area contributed by atoms with E-state index in [0.717, 1.165) is 17.7 Å². The number of anilines is 1. The monoisotopic (exact) mass is 412 g/mol. The van der Waals surface area contributed by atoms with Gasteiger partial charge in [-0.25, -0.2) is 9.29 Å². The Bertz CT molecular complexity index is 1020. The molecule has 3 saturated heterocycles. The van der Waals surface area contributed by atoms with Crippen LogP contribution in [0.5, 0.6) is 0 Å². The van der Waals surface area contributed by atoms with Gasteiger partial charge >= 0.3 is 0 Å². The molecule has 0 bridgehead atoms. The minimum Gasteiger partial charge on any atom is -0.292 e. The molecule has 2 aromatic rings. The lowest BCUT2D eigenvalue weighted by atomic mass is 9.85. The van der Waals surface area contributed by atoms with E-state index in [2.05, 4.69) is 0 Å². The van der Waals surface area contributed by atoms with Crippen LogP contribution in [0.1, 0.15) is 23.2 Å². The van der Waals surface area contributed by atoms with Crippen molar-refractivity contribution in [1.82, 2.24) is 4.90 Å². The van der Waals surface area contributed by atoms with E-state index in [1.54, 1.807) is 24.3 Å². The van der Waals surface area contributed by atoms with Crippen LogP contribution in [0, 0.1) is 17.7 Å². The summed E-state index contributed by atoms with van der Waals surface area (Å²) < 4.78 is 13.3. The minimum atomic E-state index is -0.748. The summed E-state index contributed by atoms with van der Waals surface area (Å²) in [5.41, 5.74) is 0.704. The Kier molecular flexibility index (Phi) is 4.29. The second-order valence-electron chi connectivity index (χ2n) is 7.78. The summed E-state index contributed by atoms with van der Waals surface area (Å²) in [6, 6.07) is 11.2. The van der Waals surface area contributed by atoms with E-state index in [-0.39, 0.29) is 23.6 Å². The molecule has 0 N–H and O–H groups in total. The maximum atomic E-state index is 13.4. The van der Waals surface area contributed by atoms with Crippen molar-refractivity contribution in [3.05, 3.63) is 64.9 Å². The fourth-order valence-corrected chi connectivity index (χ4v) is 5.39. The summed E-state index contributed by atoms with van der Waals surface area (Å²) in [6.07, 6.45) is 1.64. The maximum absolute atomic E-state index is 13.4. The number of fused-ring (bicyclic) bond motifs is 3. The van der Waals surface area contributed by atoms with E-state index < -0.39 is 23.7 Å². The van der Waals surface area contributed by atoms with Crippen molar-refractivity contribution in [2.45, 2.75) is 24.9 Å². The summed E-state index contributed by atoms with van der Waals surface area (Å²) in [5, 5.41) is 0.318. The molecule has 0 spiro atoms. The number of amides is 2. The molecule has 5 nitrogen and oxygen atoms in total. The lowest BCUT2D eigenvalue weighted by Crippen LogP contribution is -2.46.